The summed E-state index contributed by atoms with van der Waals surface area (Å²) in [5, 5.41) is 29.6. The number of carbonyl (C=O) groups excluding carboxylic acids is 8. The third kappa shape index (κ3) is 23.6. The Kier molecular flexibility index (Phi) is 29.5. The van der Waals surface area contributed by atoms with Crippen LogP contribution in [0.1, 0.15) is 183 Å². The summed E-state index contributed by atoms with van der Waals surface area (Å²) in [5.41, 5.74) is 24.0. The first kappa shape index (κ1) is 94.8. The summed E-state index contributed by atoms with van der Waals surface area (Å²) in [7, 11) is 0. The Morgan fingerprint density at radius 3 is 0.931 bits per heavy atom. The number of hydrogen-bond acceptors (Lipinski definition) is 16. The molecule has 8 aliphatic rings. The van der Waals surface area contributed by atoms with Crippen LogP contribution < -0.4 is 44.2 Å². The van der Waals surface area contributed by atoms with Gasteiger partial charge in [-0.05, 0) is 168 Å². The first-order valence-corrected chi connectivity index (χ1v) is 43.6. The zero-order valence-electron chi connectivity index (χ0n) is 71.9. The predicted molar refractivity (Wildman–Crippen MR) is 470 cm³/mol. The number of benzene rings is 4. The standard InChI is InChI=1S/2C23H25F3N6O2.C23H28N6O2.C22H25ClN6O2/c1-28-14-22(32-13-18(19(27)33)20(30-32)29-21(34)16-4-5-16)8-10-31(11-9-22)12-15-2-6-17(7-3-15)23(24,25)26;1-28-14-22(32-13-18(19(27)33)20(30-32)29-21(34)16-5-6-16)7-9-31(10-8-22)12-15-3-2-4-17(11-15)23(24,25)26;1-16-5-3-4-6-18(16)13-28-11-9-23(10-12-28,15-25-2)29-14-19(20(24)30)21(27-29)26-22(31)17-7-8-17;1-25-14-22(8-10-28(11-9-22)12-15-2-6-17(23)7-3-15)29-13-18(19(24)30)20(27-29)26-21(31)16-4-5-16/h2-3,6-7,13,16H,4-5,8-12,14H2,(H2,27,33)(H,29,30,34);2-4,11,13,16H,5-10,12,14H2,(H2,27,33)(H,29,30,34);3-6,14,17H,7-13,15H2,1H3,(H2,24,30)(H,26,27,31);2-3,6-7,13,16H,4-5,8-12,14H2,(H2,24,30)(H,26,27,31). The van der Waals surface area contributed by atoms with E-state index in [0.717, 1.165) is 133 Å². The molecule has 32 nitrogen and oxygen atoms in total. The fourth-order valence-electron chi connectivity index (χ4n) is 16.8. The minimum Gasteiger partial charge on any atom is -0.365 e. The van der Waals surface area contributed by atoms with E-state index in [9.17, 15) is 64.7 Å². The second-order valence-corrected chi connectivity index (χ2v) is 35.5. The molecule has 4 aliphatic carbocycles. The van der Waals surface area contributed by atoms with Crippen LogP contribution in [0.2, 0.25) is 5.02 Å². The molecule has 12 N–H and O–H groups in total. The maximum absolute atomic E-state index is 13.0. The van der Waals surface area contributed by atoms with Crippen molar-refractivity contribution in [1.29, 1.82) is 0 Å². The third-order valence-electron chi connectivity index (χ3n) is 25.6. The van der Waals surface area contributed by atoms with Gasteiger partial charge in [-0.15, -0.1) is 0 Å². The van der Waals surface area contributed by atoms with Gasteiger partial charge in [-0.3, -0.25) is 76.7 Å². The van der Waals surface area contributed by atoms with Crippen molar-refractivity contribution in [1.82, 2.24) is 58.7 Å². The lowest BCUT2D eigenvalue weighted by molar-refractivity contribution is -0.138. The van der Waals surface area contributed by atoms with Crippen molar-refractivity contribution in [2.24, 2.45) is 46.6 Å². The molecule has 4 saturated carbocycles. The van der Waals surface area contributed by atoms with Crippen LogP contribution in [0.3, 0.4) is 0 Å². The highest BCUT2D eigenvalue weighted by Crippen LogP contribution is 2.42. The van der Waals surface area contributed by atoms with Gasteiger partial charge >= 0.3 is 12.4 Å². The highest BCUT2D eigenvalue weighted by molar-refractivity contribution is 6.30. The van der Waals surface area contributed by atoms with Crippen LogP contribution in [-0.4, -0.2) is 185 Å². The number of rotatable bonds is 28. The van der Waals surface area contributed by atoms with Gasteiger partial charge in [0.05, 0.1) is 11.1 Å². The molecule has 4 aliphatic heterocycles. The molecule has 8 heterocycles. The summed E-state index contributed by atoms with van der Waals surface area (Å²) in [5.74, 6) is -2.94. The number of nitrogens with two attached hydrogens (primary N) is 4. The third-order valence-corrected chi connectivity index (χ3v) is 25.8. The van der Waals surface area contributed by atoms with Crippen molar-refractivity contribution in [2.75, 3.05) is 99.8 Å². The molecule has 4 saturated heterocycles. The van der Waals surface area contributed by atoms with E-state index in [1.807, 2.05) is 35.2 Å². The van der Waals surface area contributed by atoms with Crippen LogP contribution in [0.25, 0.3) is 19.4 Å². The Labute approximate surface area is 752 Å². The second-order valence-electron chi connectivity index (χ2n) is 35.1. The number of alkyl halides is 6. The average Bonchev–Trinajstić information content (AvgIpc) is 1.68. The van der Waals surface area contributed by atoms with Crippen LogP contribution in [0, 0.1) is 56.9 Å². The first-order valence-electron chi connectivity index (χ1n) is 43.2. The van der Waals surface area contributed by atoms with Crippen LogP contribution in [0.5, 0.6) is 0 Å². The van der Waals surface area contributed by atoms with Crippen molar-refractivity contribution in [3.05, 3.63) is 234 Å². The van der Waals surface area contributed by atoms with Crippen LogP contribution in [-0.2, 0) is 79.9 Å². The molecule has 8 amide bonds. The van der Waals surface area contributed by atoms with Gasteiger partial charge in [-0.2, -0.15) is 46.7 Å². The van der Waals surface area contributed by atoms with E-state index in [1.165, 1.54) is 47.3 Å². The summed E-state index contributed by atoms with van der Waals surface area (Å²) in [6.45, 7) is 40.7. The zero-order chi connectivity index (χ0) is 93.0. The van der Waals surface area contributed by atoms with Crippen molar-refractivity contribution in [3.8, 4) is 0 Å². The molecule has 0 bridgehead atoms. The van der Waals surface area contributed by atoms with Gasteiger partial charge < -0.3 is 63.6 Å². The highest BCUT2D eigenvalue weighted by Gasteiger charge is 2.48. The molecule has 0 atom stereocenters. The van der Waals surface area contributed by atoms with Gasteiger partial charge in [-0.1, -0.05) is 78.3 Å². The van der Waals surface area contributed by atoms with Crippen molar-refractivity contribution >= 4 is 82.1 Å². The Morgan fingerprint density at radius 1 is 0.385 bits per heavy atom. The van der Waals surface area contributed by atoms with Gasteiger partial charge in [0.2, 0.25) is 49.8 Å². The van der Waals surface area contributed by atoms with Crippen LogP contribution >= 0.6 is 11.6 Å². The molecule has 8 aromatic rings. The summed E-state index contributed by atoms with van der Waals surface area (Å²) in [6, 6.07) is 26.6. The normalized spacial score (nSPS) is 18.3. The van der Waals surface area contributed by atoms with E-state index < -0.39 is 69.3 Å². The number of amides is 8. The van der Waals surface area contributed by atoms with E-state index in [2.05, 4.69) is 101 Å². The molecule has 4 aromatic carbocycles. The van der Waals surface area contributed by atoms with E-state index in [0.29, 0.717) is 88.4 Å². The number of piperidine rings is 4. The quantitative estimate of drug-likeness (QED) is 0.0167. The number of halogens is 7. The minimum atomic E-state index is -4.40. The molecule has 8 fully saturated rings. The smallest absolute Gasteiger partial charge is 0.365 e. The monoisotopic (exact) mass is 1810 g/mol. The first-order chi connectivity index (χ1) is 62.0. The molecule has 39 heteroatoms. The topological polar surface area (TPSA) is 390 Å². The van der Waals surface area contributed by atoms with Gasteiger partial charge in [0, 0.05) is 132 Å². The molecular formula is C91H103ClF6N24O8. The molecule has 0 radical (unpaired) electrons. The number of hydrogen-bond donors (Lipinski definition) is 8. The number of aromatic nitrogens is 8. The number of aryl methyl sites for hydroxylation is 1. The van der Waals surface area contributed by atoms with Crippen molar-refractivity contribution < 1.29 is 64.7 Å². The lowest BCUT2D eigenvalue weighted by atomic mass is 9.87. The van der Waals surface area contributed by atoms with Crippen LogP contribution in [0.15, 0.2) is 122 Å². The Balaban J connectivity index is 0.000000148. The zero-order valence-corrected chi connectivity index (χ0v) is 72.6. The van der Waals surface area contributed by atoms with Gasteiger partial charge in [0.1, 0.15) is 44.4 Å². The van der Waals surface area contributed by atoms with Gasteiger partial charge in [-0.25, -0.2) is 26.3 Å². The Hall–Kier alpha value is -12.9. The molecular weight excluding hydrogens is 1710 g/mol. The number of nitrogens with zero attached hydrogens (tertiary/aromatic N) is 16. The lowest BCUT2D eigenvalue weighted by Crippen LogP contribution is -2.48. The number of nitrogens with one attached hydrogen (secondary N) is 4. The molecule has 0 unspecified atom stereocenters. The van der Waals surface area contributed by atoms with Gasteiger partial charge in [0.25, 0.3) is 23.6 Å². The lowest BCUT2D eigenvalue weighted by Gasteiger charge is -2.39. The highest BCUT2D eigenvalue weighted by atomic mass is 35.5. The van der Waals surface area contributed by atoms with E-state index in [-0.39, 0.29) is 119 Å². The maximum atomic E-state index is 13.0. The average molecular weight is 1810 g/mol. The number of likely N-dealkylation sites (tertiary alicyclic amines) is 4. The number of anilines is 4. The SMILES string of the molecule is [C-]#[N+]CC1(n2cc(C(N)=O)c(NC(=O)C3CC3)n2)CCN(Cc2ccc(C(F)(F)F)cc2)CC1.[C-]#[N+]CC1(n2cc(C(N)=O)c(NC(=O)C3CC3)n2)CCN(Cc2ccc(Cl)cc2)CC1.[C-]#[N+]CC1(n2cc(C(N)=O)c(NC(=O)C3CC3)n2)CCN(Cc2cccc(C(F)(F)F)c2)CC1.[C-]#[N+]CC1(n2cc(C(N)=O)c(NC(=O)C3CC3)n2)CCN(Cc2ccccc2C)CC1. The predicted octanol–water partition coefficient (Wildman–Crippen LogP) is 12.0. The van der Waals surface area contributed by atoms with E-state index >= 15 is 0 Å². The van der Waals surface area contributed by atoms with E-state index in [1.54, 1.807) is 37.2 Å². The summed E-state index contributed by atoms with van der Waals surface area (Å²) in [6.07, 6.45) is 9.01. The largest absolute Gasteiger partial charge is 0.416 e. The molecule has 4 aromatic heterocycles. The molecule has 130 heavy (non-hydrogen) atoms. The van der Waals surface area contributed by atoms with E-state index in [4.69, 9.17) is 60.8 Å². The summed E-state index contributed by atoms with van der Waals surface area (Å²) in [4.78, 5) is 120. The number of primary amides is 4. The molecule has 0 spiro atoms. The molecule has 16 rings (SSSR count). The van der Waals surface area contributed by atoms with Crippen LogP contribution in [0.4, 0.5) is 49.6 Å². The fourth-order valence-corrected chi connectivity index (χ4v) is 16.9. The summed E-state index contributed by atoms with van der Waals surface area (Å²) < 4.78 is 84.0. The minimum absolute atomic E-state index is 0.00670. The second kappa shape index (κ2) is 40.4. The van der Waals surface area contributed by atoms with Crippen molar-refractivity contribution in [2.45, 2.75) is 170 Å². The summed E-state index contributed by atoms with van der Waals surface area (Å²) >= 11 is 5.97. The number of carbonyl (C=O) groups is 8. The Bertz CT molecular complexity index is 5650. The van der Waals surface area contributed by atoms with Crippen molar-refractivity contribution in [3.63, 3.8) is 0 Å². The fraction of sp³-hybridized carbons (Fsp3) is 0.473. The van der Waals surface area contributed by atoms with Gasteiger partial charge in [0.15, 0.2) is 23.3 Å². The Morgan fingerprint density at radius 2 is 0.662 bits per heavy atom. The molecule has 684 valence electrons. The maximum Gasteiger partial charge on any atom is 0.416 e.